The molecule has 0 saturated carbocycles. The molecule has 0 aliphatic heterocycles. The highest BCUT2D eigenvalue weighted by Crippen LogP contribution is 2.09. The van der Waals surface area contributed by atoms with Gasteiger partial charge in [-0.15, -0.1) is 0 Å². The fourth-order valence-electron chi connectivity index (χ4n) is 1.34. The number of rotatable bonds is 3. The van der Waals surface area contributed by atoms with E-state index in [2.05, 4.69) is 5.32 Å². The van der Waals surface area contributed by atoms with Gasteiger partial charge in [0.1, 0.15) is 0 Å². The Labute approximate surface area is 93.1 Å². The first-order valence-corrected chi connectivity index (χ1v) is 4.93. The second-order valence-electron chi connectivity index (χ2n) is 3.37. The van der Waals surface area contributed by atoms with Crippen LogP contribution in [0.4, 0.5) is 5.88 Å². The van der Waals surface area contributed by atoms with E-state index in [1.54, 1.807) is 12.1 Å². The smallest absolute Gasteiger partial charge is 0.287 e. The molecule has 16 heavy (non-hydrogen) atoms. The molecule has 0 aliphatic carbocycles. The summed E-state index contributed by atoms with van der Waals surface area (Å²) in [5.41, 5.74) is 6.41. The molecule has 1 aromatic heterocycles. The predicted molar refractivity (Wildman–Crippen MR) is 60.7 cm³/mol. The number of amides is 1. The minimum Gasteiger partial charge on any atom is -0.436 e. The van der Waals surface area contributed by atoms with Crippen LogP contribution in [-0.2, 0) is 6.54 Å². The molecule has 2 rings (SSSR count). The molecule has 0 saturated heterocycles. The Morgan fingerprint density at radius 3 is 2.56 bits per heavy atom. The van der Waals surface area contributed by atoms with Gasteiger partial charge in [0.15, 0.2) is 11.6 Å². The van der Waals surface area contributed by atoms with Gasteiger partial charge in [-0.3, -0.25) is 4.79 Å². The fourth-order valence-corrected chi connectivity index (χ4v) is 1.34. The molecule has 0 atom stereocenters. The summed E-state index contributed by atoms with van der Waals surface area (Å²) in [5, 5.41) is 2.74. The number of carbonyl (C=O) groups is 1. The molecule has 1 amide bonds. The maximum Gasteiger partial charge on any atom is 0.287 e. The average Bonchev–Trinajstić information content (AvgIpc) is 2.74. The van der Waals surface area contributed by atoms with E-state index in [0.29, 0.717) is 6.54 Å². The Bertz CT molecular complexity index is 477. The second kappa shape index (κ2) is 4.53. The summed E-state index contributed by atoms with van der Waals surface area (Å²) in [6.45, 7) is 0.472. The summed E-state index contributed by atoms with van der Waals surface area (Å²) in [6, 6.07) is 12.8. The normalized spacial score (nSPS) is 10.0. The molecule has 0 bridgehead atoms. The Morgan fingerprint density at radius 1 is 1.19 bits per heavy atom. The number of nitrogens with one attached hydrogen (secondary N) is 1. The van der Waals surface area contributed by atoms with Crippen LogP contribution in [0.3, 0.4) is 0 Å². The monoisotopic (exact) mass is 216 g/mol. The highest BCUT2D eigenvalue weighted by molar-refractivity contribution is 5.91. The van der Waals surface area contributed by atoms with E-state index < -0.39 is 0 Å². The highest BCUT2D eigenvalue weighted by Gasteiger charge is 2.08. The molecule has 4 heteroatoms. The van der Waals surface area contributed by atoms with Gasteiger partial charge in [-0.1, -0.05) is 30.3 Å². The van der Waals surface area contributed by atoms with E-state index in [0.717, 1.165) is 5.56 Å². The number of anilines is 1. The molecule has 3 N–H and O–H groups in total. The van der Waals surface area contributed by atoms with Crippen molar-refractivity contribution in [1.82, 2.24) is 5.32 Å². The molecule has 0 unspecified atom stereocenters. The molecule has 0 fully saturated rings. The van der Waals surface area contributed by atoms with Crippen molar-refractivity contribution in [2.45, 2.75) is 6.54 Å². The first kappa shape index (κ1) is 10.3. The molecule has 1 heterocycles. The van der Waals surface area contributed by atoms with E-state index in [-0.39, 0.29) is 17.6 Å². The van der Waals surface area contributed by atoms with Crippen LogP contribution in [0.1, 0.15) is 16.1 Å². The third kappa shape index (κ3) is 2.42. The van der Waals surface area contributed by atoms with Gasteiger partial charge in [-0.05, 0) is 11.6 Å². The second-order valence-corrected chi connectivity index (χ2v) is 3.37. The number of nitrogen functional groups attached to an aromatic ring is 1. The summed E-state index contributed by atoms with van der Waals surface area (Å²) < 4.78 is 5.00. The van der Waals surface area contributed by atoms with Gasteiger partial charge in [0.05, 0.1) is 0 Å². The van der Waals surface area contributed by atoms with Crippen molar-refractivity contribution in [2.75, 3.05) is 5.73 Å². The Hall–Kier alpha value is -2.23. The number of carbonyl (C=O) groups excluding carboxylic acids is 1. The van der Waals surface area contributed by atoms with E-state index >= 15 is 0 Å². The summed E-state index contributed by atoms with van der Waals surface area (Å²) >= 11 is 0. The van der Waals surface area contributed by atoms with Crippen molar-refractivity contribution < 1.29 is 9.21 Å². The zero-order valence-electron chi connectivity index (χ0n) is 8.64. The SMILES string of the molecule is Nc1ccc(C(=O)NCc2ccccc2)o1. The summed E-state index contributed by atoms with van der Waals surface area (Å²) in [6.07, 6.45) is 0. The number of nitrogens with two attached hydrogens (primary N) is 1. The van der Waals surface area contributed by atoms with Crippen LogP contribution in [0, 0.1) is 0 Å². The van der Waals surface area contributed by atoms with Crippen molar-refractivity contribution in [3.05, 3.63) is 53.8 Å². The van der Waals surface area contributed by atoms with Crippen LogP contribution in [0.25, 0.3) is 0 Å². The van der Waals surface area contributed by atoms with Crippen LogP contribution < -0.4 is 11.1 Å². The standard InChI is InChI=1S/C12H12N2O2/c13-11-7-6-10(16-11)12(15)14-8-9-4-2-1-3-5-9/h1-7H,8,13H2,(H,14,15). The maximum absolute atomic E-state index is 11.6. The number of hydrogen-bond donors (Lipinski definition) is 2. The lowest BCUT2D eigenvalue weighted by molar-refractivity contribution is 0.0924. The Morgan fingerprint density at radius 2 is 1.94 bits per heavy atom. The van der Waals surface area contributed by atoms with Gasteiger partial charge in [0.2, 0.25) is 0 Å². The zero-order chi connectivity index (χ0) is 11.4. The Balaban J connectivity index is 1.94. The molecule has 82 valence electrons. The van der Waals surface area contributed by atoms with Gasteiger partial charge < -0.3 is 15.5 Å². The van der Waals surface area contributed by atoms with Crippen LogP contribution >= 0.6 is 0 Å². The summed E-state index contributed by atoms with van der Waals surface area (Å²) in [7, 11) is 0. The highest BCUT2D eigenvalue weighted by atomic mass is 16.4. The van der Waals surface area contributed by atoms with Crippen LogP contribution in [0.15, 0.2) is 46.9 Å². The molecule has 0 aliphatic rings. The molecule has 0 spiro atoms. The largest absolute Gasteiger partial charge is 0.436 e. The number of benzene rings is 1. The van der Waals surface area contributed by atoms with Crippen LogP contribution in [0.2, 0.25) is 0 Å². The molecular formula is C12H12N2O2. The van der Waals surface area contributed by atoms with Gasteiger partial charge in [-0.2, -0.15) is 0 Å². The third-order valence-corrected chi connectivity index (χ3v) is 2.15. The van der Waals surface area contributed by atoms with Gasteiger partial charge in [0, 0.05) is 12.6 Å². The van der Waals surface area contributed by atoms with Crippen molar-refractivity contribution in [3.8, 4) is 0 Å². The van der Waals surface area contributed by atoms with Crippen molar-refractivity contribution in [1.29, 1.82) is 0 Å². The fraction of sp³-hybridized carbons (Fsp3) is 0.0833. The summed E-state index contributed by atoms with van der Waals surface area (Å²) in [5.74, 6) is 0.207. The first-order valence-electron chi connectivity index (χ1n) is 4.93. The molecule has 2 aromatic rings. The topological polar surface area (TPSA) is 68.3 Å². The first-order chi connectivity index (χ1) is 7.75. The van der Waals surface area contributed by atoms with Gasteiger partial charge >= 0.3 is 0 Å². The van der Waals surface area contributed by atoms with Gasteiger partial charge in [0.25, 0.3) is 5.91 Å². The van der Waals surface area contributed by atoms with Crippen molar-refractivity contribution >= 4 is 11.8 Å². The minimum absolute atomic E-state index is 0.230. The van der Waals surface area contributed by atoms with E-state index in [9.17, 15) is 4.79 Å². The lowest BCUT2D eigenvalue weighted by Gasteiger charge is -2.02. The van der Waals surface area contributed by atoms with Crippen LogP contribution in [0.5, 0.6) is 0 Å². The van der Waals surface area contributed by atoms with E-state index in [1.807, 2.05) is 30.3 Å². The van der Waals surface area contributed by atoms with Gasteiger partial charge in [-0.25, -0.2) is 0 Å². The lowest BCUT2D eigenvalue weighted by Crippen LogP contribution is -2.22. The molecule has 4 nitrogen and oxygen atoms in total. The summed E-state index contributed by atoms with van der Waals surface area (Å²) in [4.78, 5) is 11.6. The average molecular weight is 216 g/mol. The molecule has 0 radical (unpaired) electrons. The van der Waals surface area contributed by atoms with E-state index in [1.165, 1.54) is 0 Å². The maximum atomic E-state index is 11.6. The number of hydrogen-bond acceptors (Lipinski definition) is 3. The molecular weight excluding hydrogens is 204 g/mol. The van der Waals surface area contributed by atoms with Crippen molar-refractivity contribution in [2.24, 2.45) is 0 Å². The zero-order valence-corrected chi connectivity index (χ0v) is 8.64. The molecule has 1 aromatic carbocycles. The van der Waals surface area contributed by atoms with E-state index in [4.69, 9.17) is 10.2 Å². The minimum atomic E-state index is -0.263. The number of furan rings is 1. The quantitative estimate of drug-likeness (QED) is 0.821. The Kier molecular flexibility index (Phi) is 2.91. The lowest BCUT2D eigenvalue weighted by atomic mass is 10.2. The van der Waals surface area contributed by atoms with Crippen molar-refractivity contribution in [3.63, 3.8) is 0 Å². The predicted octanol–water partition coefficient (Wildman–Crippen LogP) is 1.79. The van der Waals surface area contributed by atoms with Crippen LogP contribution in [-0.4, -0.2) is 5.91 Å². The third-order valence-electron chi connectivity index (χ3n) is 2.15.